The zero-order valence-corrected chi connectivity index (χ0v) is 7.88. The van der Waals surface area contributed by atoms with Crippen molar-refractivity contribution >= 4 is 5.84 Å². The third-order valence-corrected chi connectivity index (χ3v) is 2.06. The van der Waals surface area contributed by atoms with Gasteiger partial charge in [-0.15, -0.1) is 0 Å². The van der Waals surface area contributed by atoms with E-state index in [0.29, 0.717) is 12.4 Å². The van der Waals surface area contributed by atoms with E-state index in [1.54, 1.807) is 0 Å². The fraction of sp³-hybridized carbons (Fsp3) is 0.875. The van der Waals surface area contributed by atoms with Gasteiger partial charge in [0.05, 0.1) is 0 Å². The molecule has 0 fully saturated rings. The number of rotatable bonds is 5. The van der Waals surface area contributed by atoms with Crippen LogP contribution >= 0.6 is 0 Å². The Balaban J connectivity index is 3.87. The van der Waals surface area contributed by atoms with Crippen LogP contribution in [0, 0.1) is 5.41 Å². The summed E-state index contributed by atoms with van der Waals surface area (Å²) < 4.78 is 0. The highest BCUT2D eigenvalue weighted by molar-refractivity contribution is 5.85. The first kappa shape index (κ1) is 11.2. The van der Waals surface area contributed by atoms with Crippen molar-refractivity contribution in [2.75, 3.05) is 6.54 Å². The normalized spacial score (nSPS) is 13.4. The number of amidine groups is 1. The zero-order valence-electron chi connectivity index (χ0n) is 7.88. The molecule has 0 heterocycles. The van der Waals surface area contributed by atoms with Gasteiger partial charge in [-0.2, -0.15) is 0 Å². The molecular formula is C8H19N3O. The van der Waals surface area contributed by atoms with Gasteiger partial charge in [-0.1, -0.05) is 25.4 Å². The van der Waals surface area contributed by atoms with Crippen LogP contribution in [-0.2, 0) is 0 Å². The number of nitrogens with zero attached hydrogens (tertiary/aromatic N) is 1. The second kappa shape index (κ2) is 4.98. The molecule has 0 saturated heterocycles. The molecule has 0 aliphatic heterocycles. The largest absolute Gasteiger partial charge is 0.409 e. The second-order valence-corrected chi connectivity index (χ2v) is 3.61. The molecule has 0 aromatic rings. The summed E-state index contributed by atoms with van der Waals surface area (Å²) in [6, 6.07) is 0. The molecule has 72 valence electrons. The molecule has 0 spiro atoms. The third-order valence-electron chi connectivity index (χ3n) is 2.06. The van der Waals surface area contributed by atoms with Gasteiger partial charge in [0.25, 0.3) is 0 Å². The van der Waals surface area contributed by atoms with E-state index in [4.69, 9.17) is 16.7 Å². The van der Waals surface area contributed by atoms with Crippen molar-refractivity contribution in [3.63, 3.8) is 0 Å². The van der Waals surface area contributed by atoms with Crippen molar-refractivity contribution in [3.8, 4) is 0 Å². The van der Waals surface area contributed by atoms with Crippen LogP contribution in [0.25, 0.3) is 0 Å². The summed E-state index contributed by atoms with van der Waals surface area (Å²) in [6.45, 7) is 4.61. The predicted molar refractivity (Wildman–Crippen MR) is 50.1 cm³/mol. The molecule has 5 N–H and O–H groups in total. The van der Waals surface area contributed by atoms with Gasteiger partial charge in [0, 0.05) is 5.41 Å². The molecule has 0 rings (SSSR count). The molecule has 4 nitrogen and oxygen atoms in total. The summed E-state index contributed by atoms with van der Waals surface area (Å²) in [6.07, 6.45) is 2.90. The highest BCUT2D eigenvalue weighted by atomic mass is 16.4. The summed E-state index contributed by atoms with van der Waals surface area (Å²) in [4.78, 5) is 0. The van der Waals surface area contributed by atoms with Crippen LogP contribution in [-0.4, -0.2) is 17.6 Å². The maximum Gasteiger partial charge on any atom is 0.144 e. The fourth-order valence-electron chi connectivity index (χ4n) is 0.975. The van der Waals surface area contributed by atoms with Gasteiger partial charge < -0.3 is 16.7 Å². The summed E-state index contributed by atoms with van der Waals surface area (Å²) in [5.41, 5.74) is 10.6. The highest BCUT2D eigenvalue weighted by Gasteiger charge is 2.22. The highest BCUT2D eigenvalue weighted by Crippen LogP contribution is 2.22. The standard InChI is InChI=1S/C8H19N3O/c1-8(2,7(10)11-12)5-3-4-6-9/h12H,3-6,9H2,1-2H3,(H2,10,11). The van der Waals surface area contributed by atoms with Gasteiger partial charge in [-0.25, -0.2) is 0 Å². The minimum Gasteiger partial charge on any atom is -0.409 e. The Morgan fingerprint density at radius 3 is 2.42 bits per heavy atom. The Morgan fingerprint density at radius 1 is 1.42 bits per heavy atom. The Hall–Kier alpha value is -0.770. The van der Waals surface area contributed by atoms with Crippen LogP contribution in [0.3, 0.4) is 0 Å². The Kier molecular flexibility index (Phi) is 4.66. The number of nitrogens with two attached hydrogens (primary N) is 2. The van der Waals surface area contributed by atoms with Crippen LogP contribution < -0.4 is 11.5 Å². The van der Waals surface area contributed by atoms with Gasteiger partial charge in [0.2, 0.25) is 0 Å². The molecule has 0 aliphatic rings. The van der Waals surface area contributed by atoms with E-state index in [-0.39, 0.29) is 5.41 Å². The van der Waals surface area contributed by atoms with Crippen LogP contribution in [0.5, 0.6) is 0 Å². The third kappa shape index (κ3) is 3.57. The van der Waals surface area contributed by atoms with E-state index in [0.717, 1.165) is 19.3 Å². The molecule has 0 aromatic carbocycles. The van der Waals surface area contributed by atoms with Crippen LogP contribution in [0.2, 0.25) is 0 Å². The lowest BCUT2D eigenvalue weighted by molar-refractivity contribution is 0.304. The first-order valence-electron chi connectivity index (χ1n) is 4.22. The van der Waals surface area contributed by atoms with Gasteiger partial charge >= 0.3 is 0 Å². The minimum atomic E-state index is -0.218. The van der Waals surface area contributed by atoms with Gasteiger partial charge in [0.15, 0.2) is 0 Å². The van der Waals surface area contributed by atoms with Crippen LogP contribution in [0.4, 0.5) is 0 Å². The fourth-order valence-corrected chi connectivity index (χ4v) is 0.975. The Labute approximate surface area is 73.6 Å². The van der Waals surface area contributed by atoms with Gasteiger partial charge in [-0.05, 0) is 19.4 Å². The van der Waals surface area contributed by atoms with Crippen LogP contribution in [0.15, 0.2) is 5.16 Å². The van der Waals surface area contributed by atoms with Crippen molar-refractivity contribution in [3.05, 3.63) is 0 Å². The van der Waals surface area contributed by atoms with E-state index in [1.165, 1.54) is 0 Å². The average Bonchev–Trinajstić information content (AvgIpc) is 2.03. The molecule has 0 aliphatic carbocycles. The Morgan fingerprint density at radius 2 is 2.00 bits per heavy atom. The topological polar surface area (TPSA) is 84.6 Å². The monoisotopic (exact) mass is 173 g/mol. The van der Waals surface area contributed by atoms with Crippen molar-refractivity contribution < 1.29 is 5.21 Å². The molecule has 0 atom stereocenters. The number of unbranched alkanes of at least 4 members (excludes halogenated alkanes) is 1. The molecule has 12 heavy (non-hydrogen) atoms. The van der Waals surface area contributed by atoms with Gasteiger partial charge in [0.1, 0.15) is 5.84 Å². The summed E-state index contributed by atoms with van der Waals surface area (Å²) >= 11 is 0. The van der Waals surface area contributed by atoms with E-state index in [9.17, 15) is 0 Å². The SMILES string of the molecule is CC(C)(CCCCN)C(N)=NO. The minimum absolute atomic E-state index is 0.218. The van der Waals surface area contributed by atoms with E-state index in [2.05, 4.69) is 5.16 Å². The number of oxime groups is 1. The predicted octanol–water partition coefficient (Wildman–Crippen LogP) is 0.888. The summed E-state index contributed by atoms with van der Waals surface area (Å²) in [7, 11) is 0. The summed E-state index contributed by atoms with van der Waals surface area (Å²) in [5.74, 6) is 0.291. The lowest BCUT2D eigenvalue weighted by Crippen LogP contribution is -2.31. The zero-order chi connectivity index (χ0) is 9.61. The molecule has 0 amide bonds. The molecule has 0 unspecified atom stereocenters. The molecule has 4 heteroatoms. The maximum atomic E-state index is 8.47. The van der Waals surface area contributed by atoms with Crippen molar-refractivity contribution in [1.29, 1.82) is 0 Å². The Bertz CT molecular complexity index is 154. The maximum absolute atomic E-state index is 8.47. The smallest absolute Gasteiger partial charge is 0.144 e. The molecule has 0 saturated carbocycles. The van der Waals surface area contributed by atoms with E-state index < -0.39 is 0 Å². The molecule has 0 radical (unpaired) electrons. The lowest BCUT2D eigenvalue weighted by Gasteiger charge is -2.22. The van der Waals surface area contributed by atoms with Crippen molar-refractivity contribution in [2.24, 2.45) is 22.0 Å². The van der Waals surface area contributed by atoms with Gasteiger partial charge in [-0.3, -0.25) is 0 Å². The first-order valence-corrected chi connectivity index (χ1v) is 4.22. The van der Waals surface area contributed by atoms with E-state index in [1.807, 2.05) is 13.8 Å². The average molecular weight is 173 g/mol. The van der Waals surface area contributed by atoms with Crippen molar-refractivity contribution in [1.82, 2.24) is 0 Å². The molecule has 0 bridgehead atoms. The summed E-state index contributed by atoms with van der Waals surface area (Å²) in [5, 5.41) is 11.5. The van der Waals surface area contributed by atoms with E-state index >= 15 is 0 Å². The molecule has 0 aromatic heterocycles. The quantitative estimate of drug-likeness (QED) is 0.190. The van der Waals surface area contributed by atoms with Crippen molar-refractivity contribution in [2.45, 2.75) is 33.1 Å². The second-order valence-electron chi connectivity index (χ2n) is 3.61. The number of hydrogen-bond acceptors (Lipinski definition) is 3. The molecular weight excluding hydrogens is 154 g/mol. The number of hydrogen-bond donors (Lipinski definition) is 3. The lowest BCUT2D eigenvalue weighted by atomic mass is 9.86. The first-order chi connectivity index (χ1) is 5.54. The van der Waals surface area contributed by atoms with Crippen LogP contribution in [0.1, 0.15) is 33.1 Å².